The van der Waals surface area contributed by atoms with Crippen molar-refractivity contribution in [2.24, 2.45) is 0 Å². The summed E-state index contributed by atoms with van der Waals surface area (Å²) in [7, 11) is 2.03. The summed E-state index contributed by atoms with van der Waals surface area (Å²) < 4.78 is 5.82. The zero-order valence-corrected chi connectivity index (χ0v) is 12.8. The maximum absolute atomic E-state index is 5.82. The van der Waals surface area contributed by atoms with Crippen molar-refractivity contribution in [1.82, 2.24) is 5.32 Å². The monoisotopic (exact) mass is 281 g/mol. The summed E-state index contributed by atoms with van der Waals surface area (Å²) >= 11 is 0. The summed E-state index contributed by atoms with van der Waals surface area (Å²) in [5.41, 5.74) is 2.66. The van der Waals surface area contributed by atoms with Crippen LogP contribution < -0.4 is 10.1 Å². The first-order valence-electron chi connectivity index (χ1n) is 7.77. The Kier molecular flexibility index (Phi) is 4.26. The third-order valence-electron chi connectivity index (χ3n) is 4.20. The standard InChI is InChI=1S/C19H23NO/c1-14(15-6-4-3-5-7-15)19(20-2)16-8-10-17(11-9-16)21-18-12-13-18/h3-11,14,18-20H,12-13H2,1-2H3. The molecule has 1 fully saturated rings. The molecule has 0 saturated heterocycles. The van der Waals surface area contributed by atoms with Gasteiger partial charge in [0.25, 0.3) is 0 Å². The molecule has 0 aromatic heterocycles. The third-order valence-corrected chi connectivity index (χ3v) is 4.20. The number of hydrogen-bond donors (Lipinski definition) is 1. The minimum atomic E-state index is 0.308. The summed E-state index contributed by atoms with van der Waals surface area (Å²) in [5, 5.41) is 3.45. The Balaban J connectivity index is 1.75. The van der Waals surface area contributed by atoms with Gasteiger partial charge < -0.3 is 10.1 Å². The second kappa shape index (κ2) is 6.31. The van der Waals surface area contributed by atoms with Crippen LogP contribution in [0, 0.1) is 0 Å². The van der Waals surface area contributed by atoms with Crippen molar-refractivity contribution in [2.75, 3.05) is 7.05 Å². The van der Waals surface area contributed by atoms with Crippen LogP contribution in [0.4, 0.5) is 0 Å². The van der Waals surface area contributed by atoms with Gasteiger partial charge in [-0.2, -0.15) is 0 Å². The molecule has 2 aromatic rings. The van der Waals surface area contributed by atoms with Crippen molar-refractivity contribution >= 4 is 0 Å². The van der Waals surface area contributed by atoms with Gasteiger partial charge in [-0.1, -0.05) is 49.4 Å². The molecule has 2 nitrogen and oxygen atoms in total. The minimum absolute atomic E-state index is 0.308. The van der Waals surface area contributed by atoms with Crippen LogP contribution in [0.5, 0.6) is 5.75 Å². The molecule has 2 unspecified atom stereocenters. The van der Waals surface area contributed by atoms with E-state index < -0.39 is 0 Å². The van der Waals surface area contributed by atoms with Gasteiger partial charge in [0.05, 0.1) is 6.10 Å². The zero-order valence-electron chi connectivity index (χ0n) is 12.8. The van der Waals surface area contributed by atoms with E-state index in [1.54, 1.807) is 0 Å². The van der Waals surface area contributed by atoms with Gasteiger partial charge in [0.15, 0.2) is 0 Å². The molecule has 0 spiro atoms. The van der Waals surface area contributed by atoms with Gasteiger partial charge in [0.2, 0.25) is 0 Å². The highest BCUT2D eigenvalue weighted by molar-refractivity contribution is 5.32. The van der Waals surface area contributed by atoms with E-state index in [1.165, 1.54) is 24.0 Å². The SMILES string of the molecule is CNC(c1ccc(OC2CC2)cc1)C(C)c1ccccc1. The fourth-order valence-corrected chi connectivity index (χ4v) is 2.79. The quantitative estimate of drug-likeness (QED) is 0.852. The normalized spacial score (nSPS) is 17.2. The van der Waals surface area contributed by atoms with E-state index in [4.69, 9.17) is 4.74 Å². The highest BCUT2D eigenvalue weighted by atomic mass is 16.5. The Hall–Kier alpha value is -1.80. The topological polar surface area (TPSA) is 21.3 Å². The molecule has 1 N–H and O–H groups in total. The summed E-state index contributed by atoms with van der Waals surface area (Å²) in [5.74, 6) is 1.41. The Morgan fingerprint density at radius 3 is 2.19 bits per heavy atom. The predicted molar refractivity (Wildman–Crippen MR) is 86.7 cm³/mol. The Morgan fingerprint density at radius 1 is 0.952 bits per heavy atom. The van der Waals surface area contributed by atoms with Crippen molar-refractivity contribution < 1.29 is 4.74 Å². The number of nitrogens with one attached hydrogen (secondary N) is 1. The third kappa shape index (κ3) is 3.45. The van der Waals surface area contributed by atoms with Crippen LogP contribution in [0.1, 0.15) is 42.9 Å². The lowest BCUT2D eigenvalue weighted by atomic mass is 9.88. The fourth-order valence-electron chi connectivity index (χ4n) is 2.79. The lowest BCUT2D eigenvalue weighted by molar-refractivity contribution is 0.303. The Morgan fingerprint density at radius 2 is 1.62 bits per heavy atom. The Bertz CT molecular complexity index is 560. The summed E-state index contributed by atoms with van der Waals surface area (Å²) in [4.78, 5) is 0. The van der Waals surface area contributed by atoms with Crippen LogP contribution >= 0.6 is 0 Å². The predicted octanol–water partition coefficient (Wildman–Crippen LogP) is 4.29. The zero-order chi connectivity index (χ0) is 14.7. The number of likely N-dealkylation sites (N-methyl/N-ethyl adjacent to an activating group) is 1. The fraction of sp³-hybridized carbons (Fsp3) is 0.368. The molecule has 0 heterocycles. The van der Waals surface area contributed by atoms with Crippen LogP contribution in [0.2, 0.25) is 0 Å². The molecule has 0 amide bonds. The first kappa shape index (κ1) is 14.2. The molecule has 110 valence electrons. The van der Waals surface area contributed by atoms with Crippen molar-refractivity contribution in [3.8, 4) is 5.75 Å². The molecule has 3 rings (SSSR count). The van der Waals surface area contributed by atoms with Gasteiger partial charge in [0, 0.05) is 12.0 Å². The van der Waals surface area contributed by atoms with Crippen LogP contribution in [-0.2, 0) is 0 Å². The molecule has 0 radical (unpaired) electrons. The highest BCUT2D eigenvalue weighted by Crippen LogP contribution is 2.32. The maximum Gasteiger partial charge on any atom is 0.119 e. The van der Waals surface area contributed by atoms with Crippen LogP contribution in [0.25, 0.3) is 0 Å². The van der Waals surface area contributed by atoms with E-state index in [1.807, 2.05) is 7.05 Å². The van der Waals surface area contributed by atoms with E-state index in [-0.39, 0.29) is 0 Å². The largest absolute Gasteiger partial charge is 0.490 e. The second-order valence-corrected chi connectivity index (χ2v) is 5.85. The molecular formula is C19H23NO. The average molecular weight is 281 g/mol. The van der Waals surface area contributed by atoms with Crippen molar-refractivity contribution in [3.63, 3.8) is 0 Å². The lowest BCUT2D eigenvalue weighted by Gasteiger charge is -2.24. The van der Waals surface area contributed by atoms with Crippen molar-refractivity contribution in [1.29, 1.82) is 0 Å². The summed E-state index contributed by atoms with van der Waals surface area (Å²) in [6.45, 7) is 2.27. The van der Waals surface area contributed by atoms with Crippen LogP contribution in [0.15, 0.2) is 54.6 Å². The molecular weight excluding hydrogens is 258 g/mol. The van der Waals surface area contributed by atoms with Gasteiger partial charge in [-0.25, -0.2) is 0 Å². The molecule has 1 saturated carbocycles. The molecule has 2 aromatic carbocycles. The van der Waals surface area contributed by atoms with E-state index in [0.717, 1.165) is 5.75 Å². The van der Waals surface area contributed by atoms with Crippen LogP contribution in [0.3, 0.4) is 0 Å². The smallest absolute Gasteiger partial charge is 0.119 e. The van der Waals surface area contributed by atoms with Gasteiger partial charge in [-0.3, -0.25) is 0 Å². The molecule has 0 bridgehead atoms. The van der Waals surface area contributed by atoms with E-state index in [2.05, 4.69) is 66.8 Å². The number of hydrogen-bond acceptors (Lipinski definition) is 2. The summed E-state index contributed by atoms with van der Waals surface area (Å²) in [6.07, 6.45) is 2.86. The second-order valence-electron chi connectivity index (χ2n) is 5.85. The highest BCUT2D eigenvalue weighted by Gasteiger charge is 2.24. The number of ether oxygens (including phenoxy) is 1. The average Bonchev–Trinajstić information content (AvgIpc) is 3.34. The first-order chi connectivity index (χ1) is 10.3. The number of benzene rings is 2. The van der Waals surface area contributed by atoms with Crippen LogP contribution in [-0.4, -0.2) is 13.2 Å². The Labute approximate surface area is 127 Å². The van der Waals surface area contributed by atoms with E-state index in [9.17, 15) is 0 Å². The lowest BCUT2D eigenvalue weighted by Crippen LogP contribution is -2.22. The maximum atomic E-state index is 5.82. The summed E-state index contributed by atoms with van der Waals surface area (Å²) in [6, 6.07) is 19.5. The minimum Gasteiger partial charge on any atom is -0.490 e. The van der Waals surface area contributed by atoms with Gasteiger partial charge >= 0.3 is 0 Å². The number of rotatable bonds is 6. The molecule has 2 heteroatoms. The molecule has 1 aliphatic carbocycles. The molecule has 0 aliphatic heterocycles. The molecule has 1 aliphatic rings. The first-order valence-corrected chi connectivity index (χ1v) is 7.77. The van der Waals surface area contributed by atoms with E-state index >= 15 is 0 Å². The van der Waals surface area contributed by atoms with E-state index in [0.29, 0.717) is 18.1 Å². The molecule has 21 heavy (non-hydrogen) atoms. The van der Waals surface area contributed by atoms with Crippen molar-refractivity contribution in [3.05, 3.63) is 65.7 Å². The van der Waals surface area contributed by atoms with Gasteiger partial charge in [-0.05, 0) is 43.1 Å². The van der Waals surface area contributed by atoms with Crippen molar-refractivity contribution in [2.45, 2.75) is 37.8 Å². The molecule has 2 atom stereocenters. The van der Waals surface area contributed by atoms with Gasteiger partial charge in [0.1, 0.15) is 5.75 Å². The van der Waals surface area contributed by atoms with Gasteiger partial charge in [-0.15, -0.1) is 0 Å².